The zero-order chi connectivity index (χ0) is 6.04. The van der Waals surface area contributed by atoms with E-state index in [2.05, 4.69) is 12.8 Å². The van der Waals surface area contributed by atoms with Crippen LogP contribution in [0.2, 0.25) is 0 Å². The molecular weight excluding hydrogens is 96.1 g/mol. The zero-order valence-electron chi connectivity index (χ0n) is 5.41. The van der Waals surface area contributed by atoms with Gasteiger partial charge in [0.2, 0.25) is 0 Å². The smallest absolute Gasteiger partial charge is 0.0309 e. The predicted octanol–water partition coefficient (Wildman–Crippen LogP) is 2.20. The van der Waals surface area contributed by atoms with Gasteiger partial charge in [0.15, 0.2) is 0 Å². The Morgan fingerprint density at radius 1 is 1.62 bits per heavy atom. The maximum atomic E-state index is 5.33. The quantitative estimate of drug-likeness (QED) is 0.452. The van der Waals surface area contributed by atoms with Crippen molar-refractivity contribution in [2.45, 2.75) is 32.6 Å². The van der Waals surface area contributed by atoms with Crippen LogP contribution in [0.4, 0.5) is 0 Å². The Balaban J connectivity index is 2.49. The summed E-state index contributed by atoms with van der Waals surface area (Å²) in [5.74, 6) is 2.86. The summed E-state index contributed by atoms with van der Waals surface area (Å²) >= 11 is 0. The molecular formula is C8H12. The first-order valence-corrected chi connectivity index (χ1v) is 3.31. The molecule has 1 rings (SSSR count). The molecule has 0 aromatic carbocycles. The lowest BCUT2D eigenvalue weighted by Gasteiger charge is -2.35. The summed E-state index contributed by atoms with van der Waals surface area (Å²) < 4.78 is 0. The molecule has 0 aromatic rings. The monoisotopic (exact) mass is 108 g/mol. The van der Waals surface area contributed by atoms with Gasteiger partial charge in [0, 0.05) is 5.41 Å². The van der Waals surface area contributed by atoms with Gasteiger partial charge in [0.05, 0.1) is 0 Å². The van der Waals surface area contributed by atoms with E-state index >= 15 is 0 Å². The molecule has 0 radical (unpaired) electrons. The first-order chi connectivity index (χ1) is 3.83. The molecule has 0 saturated heterocycles. The highest BCUT2D eigenvalue weighted by Gasteiger charge is 2.32. The maximum absolute atomic E-state index is 5.33. The average Bonchev–Trinajstić information content (AvgIpc) is 1.67. The van der Waals surface area contributed by atoms with E-state index in [1.165, 1.54) is 25.7 Å². The lowest BCUT2D eigenvalue weighted by atomic mass is 9.68. The van der Waals surface area contributed by atoms with E-state index < -0.39 is 0 Å². The summed E-state index contributed by atoms with van der Waals surface area (Å²) in [5, 5.41) is 0. The van der Waals surface area contributed by atoms with Crippen molar-refractivity contribution < 1.29 is 0 Å². The van der Waals surface area contributed by atoms with Crippen LogP contribution in [0.25, 0.3) is 0 Å². The van der Waals surface area contributed by atoms with E-state index in [0.29, 0.717) is 5.41 Å². The molecule has 0 unspecified atom stereocenters. The molecule has 0 aromatic heterocycles. The van der Waals surface area contributed by atoms with Crippen LogP contribution in [0.5, 0.6) is 0 Å². The van der Waals surface area contributed by atoms with Gasteiger partial charge in [-0.2, -0.15) is 0 Å². The first kappa shape index (κ1) is 5.69. The van der Waals surface area contributed by atoms with Crippen molar-refractivity contribution in [3.63, 3.8) is 0 Å². The minimum atomic E-state index is 0.333. The Labute approximate surface area is 51.3 Å². The third-order valence-electron chi connectivity index (χ3n) is 2.29. The van der Waals surface area contributed by atoms with Gasteiger partial charge in [-0.1, -0.05) is 19.3 Å². The molecule has 0 nitrogen and oxygen atoms in total. The van der Waals surface area contributed by atoms with E-state index in [4.69, 9.17) is 6.42 Å². The van der Waals surface area contributed by atoms with Gasteiger partial charge in [-0.15, -0.1) is 6.42 Å². The average molecular weight is 108 g/mol. The fraction of sp³-hybridized carbons (Fsp3) is 0.750. The minimum absolute atomic E-state index is 0.333. The third-order valence-corrected chi connectivity index (χ3v) is 2.29. The molecule has 1 aliphatic rings. The van der Waals surface area contributed by atoms with Gasteiger partial charge < -0.3 is 0 Å². The Hall–Kier alpha value is -0.440. The molecule has 8 heavy (non-hydrogen) atoms. The van der Waals surface area contributed by atoms with E-state index in [0.717, 1.165) is 0 Å². The number of hydrogen-bond acceptors (Lipinski definition) is 0. The van der Waals surface area contributed by atoms with Crippen molar-refractivity contribution >= 4 is 0 Å². The lowest BCUT2D eigenvalue weighted by molar-refractivity contribution is 0.211. The number of rotatable bonds is 1. The Morgan fingerprint density at radius 2 is 2.25 bits per heavy atom. The Bertz CT molecular complexity index is 107. The predicted molar refractivity (Wildman–Crippen MR) is 35.4 cm³/mol. The maximum Gasteiger partial charge on any atom is 0.0309 e. The molecule has 44 valence electrons. The normalized spacial score (nSPS) is 23.5. The van der Waals surface area contributed by atoms with E-state index in [-0.39, 0.29) is 0 Å². The zero-order valence-corrected chi connectivity index (χ0v) is 5.41. The molecule has 0 amide bonds. The highest BCUT2D eigenvalue weighted by atomic mass is 14.3. The van der Waals surface area contributed by atoms with Gasteiger partial charge in [-0.25, -0.2) is 0 Å². The summed E-state index contributed by atoms with van der Waals surface area (Å²) in [5.41, 5.74) is 0.333. The van der Waals surface area contributed by atoms with Crippen molar-refractivity contribution in [2.75, 3.05) is 0 Å². The Kier molecular flexibility index (Phi) is 1.29. The summed E-state index contributed by atoms with van der Waals surface area (Å²) in [6.07, 6.45) is 10.4. The molecule has 1 fully saturated rings. The second-order valence-electron chi connectivity index (χ2n) is 2.63. The molecule has 1 saturated carbocycles. The van der Waals surface area contributed by atoms with E-state index in [1.807, 2.05) is 0 Å². The molecule has 0 heterocycles. The summed E-state index contributed by atoms with van der Waals surface area (Å²) in [4.78, 5) is 0. The summed E-state index contributed by atoms with van der Waals surface area (Å²) in [7, 11) is 0. The highest BCUT2D eigenvalue weighted by Crippen LogP contribution is 2.42. The van der Waals surface area contributed by atoms with Crippen LogP contribution >= 0.6 is 0 Å². The second-order valence-corrected chi connectivity index (χ2v) is 2.63. The fourth-order valence-corrected chi connectivity index (χ4v) is 1.20. The van der Waals surface area contributed by atoms with Crippen molar-refractivity contribution in [3.05, 3.63) is 0 Å². The molecule has 0 heteroatoms. The van der Waals surface area contributed by atoms with Crippen molar-refractivity contribution in [1.82, 2.24) is 0 Å². The van der Waals surface area contributed by atoms with E-state index in [9.17, 15) is 0 Å². The lowest BCUT2D eigenvalue weighted by Crippen LogP contribution is -2.25. The van der Waals surface area contributed by atoms with Gasteiger partial charge in [0.25, 0.3) is 0 Å². The summed E-state index contributed by atoms with van der Waals surface area (Å²) in [6, 6.07) is 0. The van der Waals surface area contributed by atoms with Gasteiger partial charge >= 0.3 is 0 Å². The van der Waals surface area contributed by atoms with Crippen LogP contribution in [0.3, 0.4) is 0 Å². The SMILES string of the molecule is C#CC1(CC)CCC1. The van der Waals surface area contributed by atoms with Gasteiger partial charge in [0.1, 0.15) is 0 Å². The standard InChI is InChI=1S/C8H12/c1-3-8(4-2)6-5-7-8/h1H,4-7H2,2H3. The van der Waals surface area contributed by atoms with Crippen LogP contribution in [0.1, 0.15) is 32.6 Å². The molecule has 0 atom stereocenters. The van der Waals surface area contributed by atoms with Gasteiger partial charge in [-0.3, -0.25) is 0 Å². The molecule has 0 spiro atoms. The van der Waals surface area contributed by atoms with Crippen molar-refractivity contribution in [3.8, 4) is 12.3 Å². The number of terminal acetylenes is 1. The van der Waals surface area contributed by atoms with Crippen LogP contribution in [0, 0.1) is 17.8 Å². The fourth-order valence-electron chi connectivity index (χ4n) is 1.20. The molecule has 1 aliphatic carbocycles. The largest absolute Gasteiger partial charge is 0.120 e. The summed E-state index contributed by atoms with van der Waals surface area (Å²) in [6.45, 7) is 2.18. The Morgan fingerprint density at radius 3 is 2.25 bits per heavy atom. The van der Waals surface area contributed by atoms with Crippen molar-refractivity contribution in [2.24, 2.45) is 5.41 Å². The van der Waals surface area contributed by atoms with Crippen LogP contribution in [0.15, 0.2) is 0 Å². The first-order valence-electron chi connectivity index (χ1n) is 3.31. The molecule has 0 bridgehead atoms. The van der Waals surface area contributed by atoms with Gasteiger partial charge in [-0.05, 0) is 19.3 Å². The minimum Gasteiger partial charge on any atom is -0.120 e. The topological polar surface area (TPSA) is 0 Å². The molecule has 0 aliphatic heterocycles. The van der Waals surface area contributed by atoms with Crippen LogP contribution in [-0.4, -0.2) is 0 Å². The number of hydrogen-bond donors (Lipinski definition) is 0. The van der Waals surface area contributed by atoms with Crippen LogP contribution in [-0.2, 0) is 0 Å². The second kappa shape index (κ2) is 1.82. The van der Waals surface area contributed by atoms with E-state index in [1.54, 1.807) is 0 Å². The highest BCUT2D eigenvalue weighted by molar-refractivity contribution is 5.09. The van der Waals surface area contributed by atoms with Crippen molar-refractivity contribution in [1.29, 1.82) is 0 Å². The third kappa shape index (κ3) is 0.629. The molecule has 0 N–H and O–H groups in total. The van der Waals surface area contributed by atoms with Crippen LogP contribution < -0.4 is 0 Å².